The molecule has 4 nitrogen and oxygen atoms in total. The van der Waals surface area contributed by atoms with Gasteiger partial charge < -0.3 is 10.0 Å². The fourth-order valence-electron chi connectivity index (χ4n) is 2.68. The molecule has 0 bridgehead atoms. The van der Waals surface area contributed by atoms with Gasteiger partial charge >= 0.3 is 0 Å². The van der Waals surface area contributed by atoms with Crippen LogP contribution in [0.5, 0.6) is 0 Å². The highest BCUT2D eigenvalue weighted by atomic mass is 16.3. The van der Waals surface area contributed by atoms with Gasteiger partial charge in [-0.05, 0) is 37.0 Å². The molecule has 0 spiro atoms. The highest BCUT2D eigenvalue weighted by Crippen LogP contribution is 2.23. The Labute approximate surface area is 114 Å². The number of rotatable bonds is 5. The van der Waals surface area contributed by atoms with Gasteiger partial charge in [-0.1, -0.05) is 19.8 Å². The largest absolute Gasteiger partial charge is 0.392 e. The Kier molecular flexibility index (Phi) is 4.91. The van der Waals surface area contributed by atoms with Gasteiger partial charge in [0.2, 0.25) is 0 Å². The molecule has 1 aromatic heterocycles. The first kappa shape index (κ1) is 14.0. The van der Waals surface area contributed by atoms with Crippen molar-refractivity contribution < 1.29 is 9.90 Å². The predicted molar refractivity (Wildman–Crippen MR) is 73.7 cm³/mol. The molecule has 104 valence electrons. The van der Waals surface area contributed by atoms with E-state index in [-0.39, 0.29) is 12.5 Å². The number of aliphatic hydroxyl groups is 1. The van der Waals surface area contributed by atoms with E-state index >= 15 is 0 Å². The molecule has 0 saturated carbocycles. The Bertz CT molecular complexity index is 434. The summed E-state index contributed by atoms with van der Waals surface area (Å²) in [6, 6.07) is 3.79. The van der Waals surface area contributed by atoms with Crippen LogP contribution in [0.3, 0.4) is 0 Å². The van der Waals surface area contributed by atoms with Gasteiger partial charge in [-0.25, -0.2) is 0 Å². The van der Waals surface area contributed by atoms with Crippen LogP contribution in [0, 0.1) is 0 Å². The number of carbonyl (C=O) groups is 1. The van der Waals surface area contributed by atoms with Gasteiger partial charge in [0, 0.05) is 18.8 Å². The standard InChI is InChI=1S/C15H22N2O2/c1-2-3-5-13-6-4-9-17(13)15(19)14-10-12(11-18)7-8-16-14/h7-8,10,13,18H,2-6,9,11H2,1H3/t13-/m0/s1. The maximum Gasteiger partial charge on any atom is 0.272 e. The average Bonchev–Trinajstić information content (AvgIpc) is 2.92. The second kappa shape index (κ2) is 6.66. The van der Waals surface area contributed by atoms with Crippen LogP contribution in [-0.4, -0.2) is 33.5 Å². The van der Waals surface area contributed by atoms with Gasteiger partial charge in [-0.15, -0.1) is 0 Å². The Morgan fingerprint density at radius 3 is 3.16 bits per heavy atom. The number of carbonyl (C=O) groups excluding carboxylic acids is 1. The molecule has 1 N–H and O–H groups in total. The summed E-state index contributed by atoms with van der Waals surface area (Å²) in [4.78, 5) is 18.6. The van der Waals surface area contributed by atoms with Crippen molar-refractivity contribution in [2.75, 3.05) is 6.54 Å². The number of aromatic nitrogens is 1. The molecule has 4 heteroatoms. The first-order chi connectivity index (χ1) is 9.26. The van der Waals surface area contributed by atoms with Gasteiger partial charge in [0.25, 0.3) is 5.91 Å². The van der Waals surface area contributed by atoms with E-state index in [2.05, 4.69) is 11.9 Å². The summed E-state index contributed by atoms with van der Waals surface area (Å²) in [5.74, 6) is 0.00824. The van der Waals surface area contributed by atoms with Crippen molar-refractivity contribution in [2.45, 2.75) is 51.7 Å². The Morgan fingerprint density at radius 2 is 2.42 bits per heavy atom. The highest BCUT2D eigenvalue weighted by molar-refractivity contribution is 5.92. The first-order valence-corrected chi connectivity index (χ1v) is 7.13. The Morgan fingerprint density at radius 1 is 1.58 bits per heavy atom. The van der Waals surface area contributed by atoms with E-state index in [1.165, 1.54) is 6.42 Å². The number of amides is 1. The lowest BCUT2D eigenvalue weighted by molar-refractivity contribution is 0.0722. The molecule has 1 saturated heterocycles. The molecule has 2 rings (SSSR count). The molecule has 2 heterocycles. The van der Waals surface area contributed by atoms with E-state index in [0.717, 1.165) is 37.8 Å². The number of nitrogens with zero attached hydrogens (tertiary/aromatic N) is 2. The molecule has 0 aromatic carbocycles. The quantitative estimate of drug-likeness (QED) is 0.886. The van der Waals surface area contributed by atoms with Crippen molar-refractivity contribution >= 4 is 5.91 Å². The van der Waals surface area contributed by atoms with E-state index in [4.69, 9.17) is 5.11 Å². The number of hydrogen-bond acceptors (Lipinski definition) is 3. The summed E-state index contributed by atoms with van der Waals surface area (Å²) in [5, 5.41) is 9.12. The van der Waals surface area contributed by atoms with Crippen LogP contribution in [0.4, 0.5) is 0 Å². The zero-order valence-corrected chi connectivity index (χ0v) is 11.5. The van der Waals surface area contributed by atoms with Gasteiger partial charge in [-0.2, -0.15) is 0 Å². The fourth-order valence-corrected chi connectivity index (χ4v) is 2.68. The van der Waals surface area contributed by atoms with Gasteiger partial charge in [-0.3, -0.25) is 9.78 Å². The fraction of sp³-hybridized carbons (Fsp3) is 0.600. The van der Waals surface area contributed by atoms with Crippen molar-refractivity contribution in [3.05, 3.63) is 29.6 Å². The zero-order chi connectivity index (χ0) is 13.7. The summed E-state index contributed by atoms with van der Waals surface area (Å²) in [5.41, 5.74) is 1.19. The van der Waals surface area contributed by atoms with Gasteiger partial charge in [0.15, 0.2) is 0 Å². The molecule has 19 heavy (non-hydrogen) atoms. The second-order valence-corrected chi connectivity index (χ2v) is 5.14. The minimum Gasteiger partial charge on any atom is -0.392 e. The SMILES string of the molecule is CCCC[C@H]1CCCN1C(=O)c1cc(CO)ccn1. The maximum absolute atomic E-state index is 12.5. The first-order valence-electron chi connectivity index (χ1n) is 7.13. The van der Waals surface area contributed by atoms with E-state index < -0.39 is 0 Å². The minimum atomic E-state index is -0.0535. The maximum atomic E-state index is 12.5. The van der Waals surface area contributed by atoms with Crippen LogP contribution in [0.15, 0.2) is 18.3 Å². The van der Waals surface area contributed by atoms with Crippen molar-refractivity contribution in [1.29, 1.82) is 0 Å². The normalized spacial score (nSPS) is 18.8. The number of likely N-dealkylation sites (tertiary alicyclic amines) is 1. The summed E-state index contributed by atoms with van der Waals surface area (Å²) >= 11 is 0. The van der Waals surface area contributed by atoms with Crippen LogP contribution in [0.2, 0.25) is 0 Å². The molecule has 0 radical (unpaired) electrons. The third-order valence-corrected chi connectivity index (χ3v) is 3.75. The van der Waals surface area contributed by atoms with Crippen molar-refractivity contribution in [3.63, 3.8) is 0 Å². The summed E-state index contributed by atoms with van der Waals surface area (Å²) in [7, 11) is 0. The number of aliphatic hydroxyl groups excluding tert-OH is 1. The monoisotopic (exact) mass is 262 g/mol. The van der Waals surface area contributed by atoms with Crippen molar-refractivity contribution in [1.82, 2.24) is 9.88 Å². The third-order valence-electron chi connectivity index (χ3n) is 3.75. The molecule has 1 aliphatic rings. The van der Waals surface area contributed by atoms with E-state index in [9.17, 15) is 4.79 Å². The molecule has 1 amide bonds. The molecule has 0 unspecified atom stereocenters. The van der Waals surface area contributed by atoms with Gasteiger partial charge in [0.1, 0.15) is 5.69 Å². The highest BCUT2D eigenvalue weighted by Gasteiger charge is 2.29. The van der Waals surface area contributed by atoms with Crippen molar-refractivity contribution in [2.24, 2.45) is 0 Å². The van der Waals surface area contributed by atoms with E-state index in [0.29, 0.717) is 11.7 Å². The predicted octanol–water partition coefficient (Wildman–Crippen LogP) is 2.37. The number of hydrogen-bond donors (Lipinski definition) is 1. The second-order valence-electron chi connectivity index (χ2n) is 5.14. The molecule has 1 aromatic rings. The molecule has 1 aliphatic heterocycles. The van der Waals surface area contributed by atoms with Crippen LogP contribution in [0.25, 0.3) is 0 Å². The van der Waals surface area contributed by atoms with Crippen LogP contribution in [-0.2, 0) is 6.61 Å². The van der Waals surface area contributed by atoms with Crippen molar-refractivity contribution in [3.8, 4) is 0 Å². The molecular weight excluding hydrogens is 240 g/mol. The third kappa shape index (κ3) is 3.32. The van der Waals surface area contributed by atoms with E-state index in [1.807, 2.05) is 4.90 Å². The molecule has 1 atom stereocenters. The number of pyridine rings is 1. The summed E-state index contributed by atoms with van der Waals surface area (Å²) in [6.45, 7) is 2.95. The average molecular weight is 262 g/mol. The molecule has 1 fully saturated rings. The lowest BCUT2D eigenvalue weighted by Gasteiger charge is -2.24. The lowest BCUT2D eigenvalue weighted by Crippen LogP contribution is -2.36. The summed E-state index contributed by atoms with van der Waals surface area (Å²) in [6.07, 6.45) is 7.19. The molecular formula is C15H22N2O2. The van der Waals surface area contributed by atoms with Crippen LogP contribution < -0.4 is 0 Å². The molecule has 0 aliphatic carbocycles. The van der Waals surface area contributed by atoms with Gasteiger partial charge in [0.05, 0.1) is 6.61 Å². The topological polar surface area (TPSA) is 53.4 Å². The number of unbranched alkanes of at least 4 members (excludes halogenated alkanes) is 1. The zero-order valence-electron chi connectivity index (χ0n) is 11.5. The lowest BCUT2D eigenvalue weighted by atomic mass is 10.1. The summed E-state index contributed by atoms with van der Waals surface area (Å²) < 4.78 is 0. The van der Waals surface area contributed by atoms with Crippen LogP contribution >= 0.6 is 0 Å². The van der Waals surface area contributed by atoms with Crippen LogP contribution in [0.1, 0.15) is 55.1 Å². The minimum absolute atomic E-state index is 0.00824. The smallest absolute Gasteiger partial charge is 0.272 e. The Balaban J connectivity index is 2.09. The Hall–Kier alpha value is -1.42. The van der Waals surface area contributed by atoms with E-state index in [1.54, 1.807) is 18.3 Å².